The van der Waals surface area contributed by atoms with E-state index in [2.05, 4.69) is 0 Å². The Morgan fingerprint density at radius 2 is 1.80 bits per heavy atom. The molecule has 1 rings (SSSR count). The minimum Gasteiger partial charge on any atom is -0.345 e. The minimum atomic E-state index is -4.29. The largest absolute Gasteiger partial charge is 0.392 e. The van der Waals surface area contributed by atoms with Crippen LogP contribution in [0, 0.1) is 17.3 Å². The smallest absolute Gasteiger partial charge is 0.345 e. The SMILES string of the molecule is CN(CC(C)(C)CN)C(=O)C1CCCCC1C(F)(F)F. The summed E-state index contributed by atoms with van der Waals surface area (Å²) in [5, 5.41) is 0. The molecule has 1 fully saturated rings. The lowest BCUT2D eigenvalue weighted by molar-refractivity contribution is -0.200. The van der Waals surface area contributed by atoms with Crippen molar-refractivity contribution in [2.45, 2.75) is 45.7 Å². The van der Waals surface area contributed by atoms with Crippen molar-refractivity contribution >= 4 is 5.91 Å². The van der Waals surface area contributed by atoms with E-state index in [9.17, 15) is 18.0 Å². The summed E-state index contributed by atoms with van der Waals surface area (Å²) in [7, 11) is 1.57. The first kappa shape index (κ1) is 17.3. The minimum absolute atomic E-state index is 0.0635. The van der Waals surface area contributed by atoms with Gasteiger partial charge in [-0.25, -0.2) is 0 Å². The van der Waals surface area contributed by atoms with Crippen molar-refractivity contribution < 1.29 is 18.0 Å². The molecule has 0 radical (unpaired) electrons. The number of carbonyl (C=O) groups excluding carboxylic acids is 1. The first-order chi connectivity index (χ1) is 9.08. The van der Waals surface area contributed by atoms with Gasteiger partial charge in [0.1, 0.15) is 0 Å². The maximum absolute atomic E-state index is 13.0. The molecule has 0 aromatic heterocycles. The zero-order valence-electron chi connectivity index (χ0n) is 12.5. The number of nitrogens with zero attached hydrogens (tertiary/aromatic N) is 1. The van der Waals surface area contributed by atoms with Crippen molar-refractivity contribution in [1.82, 2.24) is 4.90 Å². The van der Waals surface area contributed by atoms with Crippen LogP contribution >= 0.6 is 0 Å². The Morgan fingerprint density at radius 3 is 2.30 bits per heavy atom. The van der Waals surface area contributed by atoms with Gasteiger partial charge in [0.05, 0.1) is 5.92 Å². The molecule has 0 spiro atoms. The number of hydrogen-bond acceptors (Lipinski definition) is 2. The van der Waals surface area contributed by atoms with E-state index >= 15 is 0 Å². The molecule has 0 heterocycles. The van der Waals surface area contributed by atoms with Gasteiger partial charge in [0, 0.05) is 19.5 Å². The van der Waals surface area contributed by atoms with E-state index < -0.39 is 23.9 Å². The lowest BCUT2D eigenvalue weighted by Gasteiger charge is -2.36. The van der Waals surface area contributed by atoms with Crippen molar-refractivity contribution in [2.24, 2.45) is 23.0 Å². The molecule has 6 heteroatoms. The number of halogens is 3. The van der Waals surface area contributed by atoms with Crippen molar-refractivity contribution in [2.75, 3.05) is 20.1 Å². The van der Waals surface area contributed by atoms with Crippen LogP contribution in [0.2, 0.25) is 0 Å². The van der Waals surface area contributed by atoms with Crippen LogP contribution in [0.25, 0.3) is 0 Å². The first-order valence-corrected chi connectivity index (χ1v) is 7.10. The Kier molecular flexibility index (Phi) is 5.46. The molecule has 1 aliphatic carbocycles. The Morgan fingerprint density at radius 1 is 1.25 bits per heavy atom. The highest BCUT2D eigenvalue weighted by atomic mass is 19.4. The van der Waals surface area contributed by atoms with Crippen molar-refractivity contribution in [3.8, 4) is 0 Å². The van der Waals surface area contributed by atoms with E-state index in [1.165, 1.54) is 4.90 Å². The molecule has 1 aliphatic rings. The van der Waals surface area contributed by atoms with Gasteiger partial charge in [-0.2, -0.15) is 13.2 Å². The van der Waals surface area contributed by atoms with Gasteiger partial charge in [-0.15, -0.1) is 0 Å². The van der Waals surface area contributed by atoms with Crippen LogP contribution < -0.4 is 5.73 Å². The summed E-state index contributed by atoms with van der Waals surface area (Å²) >= 11 is 0. The number of hydrogen-bond donors (Lipinski definition) is 1. The Bertz CT molecular complexity index is 342. The third-order valence-electron chi connectivity index (χ3n) is 4.10. The summed E-state index contributed by atoms with van der Waals surface area (Å²) in [4.78, 5) is 13.8. The molecular formula is C14H25F3N2O. The molecule has 1 saturated carbocycles. The van der Waals surface area contributed by atoms with Crippen LogP contribution in [0.5, 0.6) is 0 Å². The highest BCUT2D eigenvalue weighted by Gasteiger charge is 2.48. The average molecular weight is 294 g/mol. The second kappa shape index (κ2) is 6.33. The van der Waals surface area contributed by atoms with Gasteiger partial charge in [0.2, 0.25) is 5.91 Å². The maximum Gasteiger partial charge on any atom is 0.392 e. The van der Waals surface area contributed by atoms with Crippen molar-refractivity contribution in [3.63, 3.8) is 0 Å². The maximum atomic E-state index is 13.0. The third kappa shape index (κ3) is 4.36. The number of amides is 1. The van der Waals surface area contributed by atoms with Gasteiger partial charge in [0.15, 0.2) is 0 Å². The van der Waals surface area contributed by atoms with Gasteiger partial charge < -0.3 is 10.6 Å². The second-order valence-corrected chi connectivity index (χ2v) is 6.60. The van der Waals surface area contributed by atoms with E-state index in [0.29, 0.717) is 32.4 Å². The van der Waals surface area contributed by atoms with Gasteiger partial charge in [-0.05, 0) is 24.8 Å². The predicted octanol–water partition coefficient (Wildman–Crippen LogP) is 2.80. The molecule has 0 bridgehead atoms. The van der Waals surface area contributed by atoms with E-state index in [1.807, 2.05) is 13.8 Å². The van der Waals surface area contributed by atoms with E-state index in [1.54, 1.807) is 7.05 Å². The average Bonchev–Trinajstić information content (AvgIpc) is 2.36. The Labute approximate surface area is 118 Å². The van der Waals surface area contributed by atoms with Gasteiger partial charge in [-0.1, -0.05) is 26.7 Å². The van der Waals surface area contributed by atoms with E-state index in [-0.39, 0.29) is 11.8 Å². The second-order valence-electron chi connectivity index (χ2n) is 6.60. The fourth-order valence-corrected chi connectivity index (χ4v) is 2.89. The zero-order chi connectivity index (χ0) is 15.6. The monoisotopic (exact) mass is 294 g/mol. The van der Waals surface area contributed by atoms with Crippen LogP contribution in [0.3, 0.4) is 0 Å². The topological polar surface area (TPSA) is 46.3 Å². The van der Waals surface area contributed by atoms with E-state index in [4.69, 9.17) is 5.73 Å². The number of rotatable bonds is 4. The molecule has 0 aromatic rings. The van der Waals surface area contributed by atoms with Crippen molar-refractivity contribution in [3.05, 3.63) is 0 Å². The summed E-state index contributed by atoms with van der Waals surface area (Å²) in [6, 6.07) is 0. The number of nitrogens with two attached hydrogens (primary N) is 1. The van der Waals surface area contributed by atoms with Crippen LogP contribution in [-0.4, -0.2) is 37.1 Å². The highest BCUT2D eigenvalue weighted by Crippen LogP contribution is 2.42. The molecule has 3 nitrogen and oxygen atoms in total. The van der Waals surface area contributed by atoms with Crippen molar-refractivity contribution in [1.29, 1.82) is 0 Å². The zero-order valence-corrected chi connectivity index (χ0v) is 12.5. The Hall–Kier alpha value is -0.780. The number of alkyl halides is 3. The molecule has 1 amide bonds. The number of carbonyl (C=O) groups is 1. The fraction of sp³-hybridized carbons (Fsp3) is 0.929. The fourth-order valence-electron chi connectivity index (χ4n) is 2.89. The summed E-state index contributed by atoms with van der Waals surface area (Å²) < 4.78 is 39.1. The normalized spacial score (nSPS) is 24.6. The van der Waals surface area contributed by atoms with Crippen LogP contribution in [0.15, 0.2) is 0 Å². The third-order valence-corrected chi connectivity index (χ3v) is 4.10. The summed E-state index contributed by atoms with van der Waals surface area (Å²) in [6.07, 6.45) is -2.65. The van der Waals surface area contributed by atoms with Crippen LogP contribution in [-0.2, 0) is 4.79 Å². The standard InChI is InChI=1S/C14H25F3N2O/c1-13(2,8-18)9-19(3)12(20)10-6-4-5-7-11(10)14(15,16)17/h10-11H,4-9,18H2,1-3H3. The molecule has 20 heavy (non-hydrogen) atoms. The van der Waals surface area contributed by atoms with Gasteiger partial charge in [-0.3, -0.25) is 4.79 Å². The summed E-state index contributed by atoms with van der Waals surface area (Å²) in [5.74, 6) is -2.82. The van der Waals surface area contributed by atoms with Crippen LogP contribution in [0.1, 0.15) is 39.5 Å². The first-order valence-electron chi connectivity index (χ1n) is 7.10. The molecule has 2 unspecified atom stereocenters. The lowest BCUT2D eigenvalue weighted by atomic mass is 9.77. The lowest BCUT2D eigenvalue weighted by Crippen LogP contribution is -2.46. The molecule has 118 valence electrons. The van der Waals surface area contributed by atoms with Gasteiger partial charge in [0.25, 0.3) is 0 Å². The Balaban J connectivity index is 2.77. The molecule has 2 atom stereocenters. The van der Waals surface area contributed by atoms with Crippen LogP contribution in [0.4, 0.5) is 13.2 Å². The predicted molar refractivity (Wildman–Crippen MR) is 72.0 cm³/mol. The molecule has 0 aromatic carbocycles. The summed E-state index contributed by atoms with van der Waals surface area (Å²) in [6.45, 7) is 4.57. The molecular weight excluding hydrogens is 269 g/mol. The van der Waals surface area contributed by atoms with E-state index in [0.717, 1.165) is 0 Å². The highest BCUT2D eigenvalue weighted by molar-refractivity contribution is 5.79. The molecule has 0 aliphatic heterocycles. The molecule has 2 N–H and O–H groups in total. The summed E-state index contributed by atoms with van der Waals surface area (Å²) in [5.41, 5.74) is 5.33. The quantitative estimate of drug-likeness (QED) is 0.866. The van der Waals surface area contributed by atoms with Gasteiger partial charge >= 0.3 is 6.18 Å². The molecule has 0 saturated heterocycles.